The van der Waals surface area contributed by atoms with Gasteiger partial charge in [0, 0.05) is 13.1 Å². The number of amides is 2. The van der Waals surface area contributed by atoms with Gasteiger partial charge in [0.05, 0.1) is 30.7 Å². The Morgan fingerprint density at radius 1 is 0.825 bits per heavy atom. The summed E-state index contributed by atoms with van der Waals surface area (Å²) >= 11 is 24.6. The van der Waals surface area contributed by atoms with Crippen LogP contribution in [0.4, 0.5) is 5.69 Å². The van der Waals surface area contributed by atoms with Gasteiger partial charge in [-0.25, -0.2) is 8.42 Å². The maximum Gasteiger partial charge on any atom is 0.264 e. The van der Waals surface area contributed by atoms with E-state index in [-0.39, 0.29) is 44.0 Å². The molecule has 0 heterocycles. The van der Waals surface area contributed by atoms with Crippen LogP contribution in [0.1, 0.15) is 26.3 Å². The Hall–Kier alpha value is -2.49. The molecule has 3 aromatic rings. The zero-order valence-corrected chi connectivity index (χ0v) is 25.9. The summed E-state index contributed by atoms with van der Waals surface area (Å²) < 4.78 is 28.5. The summed E-state index contributed by atoms with van der Waals surface area (Å²) in [5.41, 5.74) is 0.747. The van der Waals surface area contributed by atoms with Crippen LogP contribution in [0.3, 0.4) is 0 Å². The molecule has 12 heteroatoms. The quantitative estimate of drug-likeness (QED) is 0.252. The first-order chi connectivity index (χ1) is 18.8. The molecule has 0 fully saturated rings. The molecular formula is C28H29Cl4N3O4S. The number of nitrogens with zero attached hydrogens (tertiary/aromatic N) is 2. The number of rotatable bonds is 11. The van der Waals surface area contributed by atoms with Gasteiger partial charge in [-0.15, -0.1) is 0 Å². The van der Waals surface area contributed by atoms with E-state index in [1.807, 2.05) is 13.8 Å². The second-order valence-electron chi connectivity index (χ2n) is 9.51. The molecular weight excluding hydrogens is 616 g/mol. The lowest BCUT2D eigenvalue weighted by molar-refractivity contribution is -0.139. The number of anilines is 1. The van der Waals surface area contributed by atoms with E-state index >= 15 is 0 Å². The van der Waals surface area contributed by atoms with Crippen molar-refractivity contribution < 1.29 is 18.0 Å². The maximum absolute atomic E-state index is 13.9. The fourth-order valence-corrected chi connectivity index (χ4v) is 5.80. The summed E-state index contributed by atoms with van der Waals surface area (Å²) in [6.07, 6.45) is 0. The van der Waals surface area contributed by atoms with E-state index in [1.54, 1.807) is 43.3 Å². The minimum atomic E-state index is -4.22. The molecule has 3 rings (SSSR count). The van der Waals surface area contributed by atoms with Gasteiger partial charge in [0.15, 0.2) is 0 Å². The van der Waals surface area contributed by atoms with Gasteiger partial charge in [0.25, 0.3) is 10.0 Å². The number of halogens is 4. The van der Waals surface area contributed by atoms with E-state index < -0.39 is 28.5 Å². The molecule has 0 spiro atoms. The fraction of sp³-hybridized carbons (Fsp3) is 0.286. The molecule has 0 aliphatic rings. The second kappa shape index (κ2) is 13.9. The molecule has 0 aliphatic heterocycles. The first-order valence-corrected chi connectivity index (χ1v) is 15.3. The summed E-state index contributed by atoms with van der Waals surface area (Å²) in [5, 5.41) is 3.80. The van der Waals surface area contributed by atoms with Gasteiger partial charge in [-0.2, -0.15) is 0 Å². The fourth-order valence-electron chi connectivity index (χ4n) is 3.76. The van der Waals surface area contributed by atoms with Crippen LogP contribution in [-0.4, -0.2) is 44.3 Å². The zero-order chi connectivity index (χ0) is 29.6. The lowest BCUT2D eigenvalue weighted by Crippen LogP contribution is -2.51. The number of carbonyl (C=O) groups excluding carboxylic acids is 2. The molecule has 0 unspecified atom stereocenters. The third-order valence-corrected chi connectivity index (χ3v) is 9.26. The normalized spacial score (nSPS) is 12.2. The average Bonchev–Trinajstić information content (AvgIpc) is 2.92. The molecule has 7 nitrogen and oxygen atoms in total. The summed E-state index contributed by atoms with van der Waals surface area (Å²) in [5.74, 6) is -0.811. The van der Waals surface area contributed by atoms with Crippen LogP contribution in [0.5, 0.6) is 0 Å². The highest BCUT2D eigenvalue weighted by molar-refractivity contribution is 7.92. The van der Waals surface area contributed by atoms with E-state index in [0.717, 1.165) is 4.31 Å². The van der Waals surface area contributed by atoms with Gasteiger partial charge in [0.2, 0.25) is 11.8 Å². The Morgan fingerprint density at radius 3 is 2.00 bits per heavy atom. The molecule has 1 N–H and O–H groups in total. The molecule has 0 radical (unpaired) electrons. The van der Waals surface area contributed by atoms with Gasteiger partial charge < -0.3 is 10.2 Å². The van der Waals surface area contributed by atoms with Crippen molar-refractivity contribution in [2.75, 3.05) is 17.4 Å². The molecule has 40 heavy (non-hydrogen) atoms. The van der Waals surface area contributed by atoms with Crippen LogP contribution in [0.2, 0.25) is 20.1 Å². The van der Waals surface area contributed by atoms with Crippen molar-refractivity contribution in [1.82, 2.24) is 10.2 Å². The van der Waals surface area contributed by atoms with Crippen LogP contribution >= 0.6 is 46.4 Å². The van der Waals surface area contributed by atoms with Gasteiger partial charge in [-0.1, -0.05) is 84.5 Å². The van der Waals surface area contributed by atoms with Crippen molar-refractivity contribution in [3.8, 4) is 0 Å². The third kappa shape index (κ3) is 8.04. The molecule has 0 bridgehead atoms. The van der Waals surface area contributed by atoms with Crippen molar-refractivity contribution >= 4 is 73.9 Å². The van der Waals surface area contributed by atoms with Crippen LogP contribution in [0.15, 0.2) is 71.6 Å². The average molecular weight is 645 g/mol. The van der Waals surface area contributed by atoms with E-state index in [0.29, 0.717) is 17.1 Å². The number of hydrogen-bond donors (Lipinski definition) is 1. The number of benzene rings is 3. The predicted molar refractivity (Wildman–Crippen MR) is 162 cm³/mol. The monoisotopic (exact) mass is 643 g/mol. The Morgan fingerprint density at radius 2 is 1.43 bits per heavy atom. The minimum Gasteiger partial charge on any atom is -0.354 e. The summed E-state index contributed by atoms with van der Waals surface area (Å²) in [7, 11) is -4.22. The molecule has 0 saturated heterocycles. The Kier molecular flexibility index (Phi) is 11.1. The molecule has 1 atom stereocenters. The van der Waals surface area contributed by atoms with Crippen LogP contribution in [0, 0.1) is 5.92 Å². The van der Waals surface area contributed by atoms with Crippen molar-refractivity contribution in [2.45, 2.75) is 38.3 Å². The first kappa shape index (κ1) is 32.0. The van der Waals surface area contributed by atoms with Gasteiger partial charge in [0.1, 0.15) is 12.6 Å². The van der Waals surface area contributed by atoms with Gasteiger partial charge >= 0.3 is 0 Å². The van der Waals surface area contributed by atoms with Crippen LogP contribution in [-0.2, 0) is 26.2 Å². The molecule has 0 saturated carbocycles. The molecule has 0 aromatic heterocycles. The number of carbonyl (C=O) groups is 2. The third-order valence-electron chi connectivity index (χ3n) is 5.99. The first-order valence-electron chi connectivity index (χ1n) is 12.3. The minimum absolute atomic E-state index is 0.0207. The van der Waals surface area contributed by atoms with Crippen LogP contribution in [0.25, 0.3) is 0 Å². The predicted octanol–water partition coefficient (Wildman–Crippen LogP) is 6.69. The van der Waals surface area contributed by atoms with Crippen molar-refractivity contribution in [1.29, 1.82) is 0 Å². The van der Waals surface area contributed by atoms with E-state index in [1.165, 1.54) is 35.2 Å². The second-order valence-corrected chi connectivity index (χ2v) is 13.0. The summed E-state index contributed by atoms with van der Waals surface area (Å²) in [6, 6.07) is 15.9. The van der Waals surface area contributed by atoms with Crippen molar-refractivity contribution in [2.24, 2.45) is 5.92 Å². The molecule has 214 valence electrons. The lowest BCUT2D eigenvalue weighted by atomic mass is 10.1. The highest BCUT2D eigenvalue weighted by atomic mass is 35.5. The topological polar surface area (TPSA) is 86.8 Å². The standard InChI is InChI=1S/C28H29Cl4N3O4S/c1-18(2)15-33-28(37)19(3)34(16-20-9-11-23(29)25(31)13-20)27(36)17-35(21-10-12-24(30)26(32)14-21)40(38,39)22-7-5-4-6-8-22/h4-14,18-19H,15-17H2,1-3H3,(H,33,37)/t19-/m0/s1. The molecule has 2 amide bonds. The summed E-state index contributed by atoms with van der Waals surface area (Å²) in [4.78, 5) is 28.2. The van der Waals surface area contributed by atoms with E-state index in [4.69, 9.17) is 46.4 Å². The highest BCUT2D eigenvalue weighted by Gasteiger charge is 2.32. The lowest BCUT2D eigenvalue weighted by Gasteiger charge is -2.32. The van der Waals surface area contributed by atoms with Gasteiger partial charge in [-0.05, 0) is 60.9 Å². The van der Waals surface area contributed by atoms with Crippen LogP contribution < -0.4 is 9.62 Å². The van der Waals surface area contributed by atoms with Gasteiger partial charge in [-0.3, -0.25) is 13.9 Å². The summed E-state index contributed by atoms with van der Waals surface area (Å²) in [6.45, 7) is 5.27. The Labute approximate surface area is 255 Å². The largest absolute Gasteiger partial charge is 0.354 e. The number of nitrogens with one attached hydrogen (secondary N) is 1. The molecule has 3 aromatic carbocycles. The SMILES string of the molecule is CC(C)CNC(=O)[C@H](C)N(Cc1ccc(Cl)c(Cl)c1)C(=O)CN(c1ccc(Cl)c(Cl)c1)S(=O)(=O)c1ccccc1. The van der Waals surface area contributed by atoms with E-state index in [9.17, 15) is 18.0 Å². The number of sulfonamides is 1. The van der Waals surface area contributed by atoms with Crippen molar-refractivity contribution in [3.05, 3.63) is 92.4 Å². The van der Waals surface area contributed by atoms with Crippen molar-refractivity contribution in [3.63, 3.8) is 0 Å². The smallest absolute Gasteiger partial charge is 0.264 e. The van der Waals surface area contributed by atoms with E-state index in [2.05, 4.69) is 5.32 Å². The Balaban J connectivity index is 2.04. The maximum atomic E-state index is 13.9. The molecule has 0 aliphatic carbocycles. The zero-order valence-electron chi connectivity index (χ0n) is 22.1. The number of hydrogen-bond acceptors (Lipinski definition) is 4. The Bertz CT molecular complexity index is 1470. The highest BCUT2D eigenvalue weighted by Crippen LogP contribution is 2.31.